The van der Waals surface area contributed by atoms with Gasteiger partial charge in [0.05, 0.1) is 0 Å². The van der Waals surface area contributed by atoms with Crippen LogP contribution in [0.1, 0.15) is 0 Å². The van der Waals surface area contributed by atoms with Gasteiger partial charge in [-0.25, -0.2) is 5.73 Å². The molecule has 0 aliphatic rings. The molecule has 6 heavy (non-hydrogen) atoms. The fraction of sp³-hybridized carbons (Fsp3) is 0. The number of nitrogens with zero attached hydrogens (tertiary/aromatic N) is 1. The summed E-state index contributed by atoms with van der Waals surface area (Å²) in [5.74, 6) is 0. The molecule has 0 aromatic carbocycles. The Kier molecular flexibility index (Phi) is 1.09. The molecule has 3 N–H and O–H groups in total. The number of primary amides is 1. The van der Waals surface area contributed by atoms with Crippen molar-refractivity contribution in [3.05, 3.63) is 5.21 Å². The quantitative estimate of drug-likeness (QED) is 0.240. The number of nitrogens with one attached hydrogen (secondary N) is 1. The maximum absolute atomic E-state index is 9.35. The summed E-state index contributed by atoms with van der Waals surface area (Å²) in [4.78, 5) is 8.65. The highest BCUT2D eigenvalue weighted by Crippen LogP contribution is 1.60. The largest absolute Gasteiger partial charge is 0.689 e. The zero-order chi connectivity index (χ0) is 5.15. The van der Waals surface area contributed by atoms with Gasteiger partial charge < -0.3 is 5.21 Å². The number of hydroxylamine groups is 1. The third-order valence-corrected chi connectivity index (χ3v) is 0.200. The molecule has 0 aliphatic carbocycles. The Morgan fingerprint density at radius 1 is 2.00 bits per heavy atom. The van der Waals surface area contributed by atoms with Gasteiger partial charge in [-0.2, -0.15) is 4.79 Å². The van der Waals surface area contributed by atoms with Crippen LogP contribution in [0.2, 0.25) is 0 Å². The molecule has 2 amide bonds. The molecule has 0 fully saturated rings. The second-order valence-corrected chi connectivity index (χ2v) is 0.633. The van der Waals surface area contributed by atoms with Gasteiger partial charge in [-0.1, -0.05) is 4.86 Å². The topological polar surface area (TPSA) is 93.0 Å². The van der Waals surface area contributed by atoms with Gasteiger partial charge in [0.1, 0.15) is 0 Å². The van der Waals surface area contributed by atoms with Gasteiger partial charge in [0.2, 0.25) is 0 Å². The lowest BCUT2D eigenvalue weighted by Crippen LogP contribution is -2.18. The van der Waals surface area contributed by atoms with E-state index in [9.17, 15) is 10.0 Å². The van der Waals surface area contributed by atoms with Gasteiger partial charge in [0.25, 0.3) is 0 Å². The van der Waals surface area contributed by atoms with Crippen LogP contribution in [0.25, 0.3) is 0 Å². The van der Waals surface area contributed by atoms with E-state index in [1.165, 1.54) is 0 Å². The van der Waals surface area contributed by atoms with E-state index in [0.29, 0.717) is 0 Å². The summed E-state index contributed by atoms with van der Waals surface area (Å²) >= 11 is 0. The Morgan fingerprint density at radius 3 is 2.17 bits per heavy atom. The summed E-state index contributed by atoms with van der Waals surface area (Å²) in [6.45, 7) is 0. The minimum absolute atomic E-state index is 0.694. The molecule has 0 aliphatic heterocycles. The van der Waals surface area contributed by atoms with E-state index in [2.05, 4.69) is 5.73 Å². The second-order valence-electron chi connectivity index (χ2n) is 0.633. The SMILES string of the molecule is N=[N+]([O-])C(N)=O. The molecule has 0 saturated carbocycles. The maximum atomic E-state index is 9.35. The van der Waals surface area contributed by atoms with Gasteiger partial charge in [0, 0.05) is 0 Å². The first-order valence-corrected chi connectivity index (χ1v) is 1.12. The first-order chi connectivity index (χ1) is 2.64. The lowest BCUT2D eigenvalue weighted by molar-refractivity contribution is -0.450. The molecular weight excluding hydrogens is 86.0 g/mol. The molecule has 34 valence electrons. The number of rotatable bonds is 0. The number of carbonyl (C=O) groups is 1. The highest BCUT2D eigenvalue weighted by Gasteiger charge is 1.93. The Bertz CT molecular complexity index is 74.8. The van der Waals surface area contributed by atoms with E-state index < -0.39 is 10.9 Å². The highest BCUT2D eigenvalue weighted by molar-refractivity contribution is 5.61. The fourth-order valence-electron chi connectivity index (χ4n) is 0. The second kappa shape index (κ2) is 1.34. The van der Waals surface area contributed by atoms with Crippen LogP contribution >= 0.6 is 0 Å². The number of hydrogen-bond donors (Lipinski definition) is 2. The molecule has 0 radical (unpaired) electrons. The average Bonchev–Trinajstić information content (AvgIpc) is 1.36. The molecule has 5 nitrogen and oxygen atoms in total. The Balaban J connectivity index is 3.57. The van der Waals surface area contributed by atoms with Crippen LogP contribution in [0, 0.1) is 10.7 Å². The zero-order valence-electron chi connectivity index (χ0n) is 2.84. The normalized spacial score (nSPS) is 7.33. The molecule has 0 spiro atoms. The third-order valence-electron chi connectivity index (χ3n) is 0.200. The van der Waals surface area contributed by atoms with E-state index in [-0.39, 0.29) is 0 Å². The van der Waals surface area contributed by atoms with Crippen LogP contribution in [-0.4, -0.2) is 10.9 Å². The Morgan fingerprint density at radius 2 is 2.17 bits per heavy atom. The van der Waals surface area contributed by atoms with Crippen LogP contribution in [0.15, 0.2) is 0 Å². The number of amides is 2. The molecule has 0 aromatic rings. The average molecular weight is 89.1 g/mol. The number of urea groups is 1. The first kappa shape index (κ1) is 4.87. The summed E-state index contributed by atoms with van der Waals surface area (Å²) in [7, 11) is 0. The number of hydrogen-bond acceptors (Lipinski definition) is 3. The lowest BCUT2D eigenvalue weighted by atomic mass is 11.2. The van der Waals surface area contributed by atoms with E-state index in [0.717, 1.165) is 0 Å². The molecule has 0 rings (SSSR count). The summed E-state index contributed by atoms with van der Waals surface area (Å²) in [6.07, 6.45) is 0. The fourth-order valence-corrected chi connectivity index (χ4v) is 0. The minimum atomic E-state index is -1.30. The van der Waals surface area contributed by atoms with Crippen molar-refractivity contribution in [1.29, 1.82) is 5.53 Å². The van der Waals surface area contributed by atoms with Crippen molar-refractivity contribution in [2.24, 2.45) is 5.73 Å². The van der Waals surface area contributed by atoms with Gasteiger partial charge in [-0.05, 0) is 0 Å². The lowest BCUT2D eigenvalue weighted by Gasteiger charge is -1.89. The van der Waals surface area contributed by atoms with Gasteiger partial charge in [-0.3, -0.25) is 0 Å². The van der Waals surface area contributed by atoms with Crippen molar-refractivity contribution < 1.29 is 9.66 Å². The monoisotopic (exact) mass is 89.0 g/mol. The van der Waals surface area contributed by atoms with Crippen molar-refractivity contribution in [3.8, 4) is 0 Å². The molecule has 5 heteroatoms. The van der Waals surface area contributed by atoms with Crippen molar-refractivity contribution in [3.63, 3.8) is 0 Å². The third kappa shape index (κ3) is 1.22. The van der Waals surface area contributed by atoms with Gasteiger partial charge >= 0.3 is 6.03 Å². The van der Waals surface area contributed by atoms with Gasteiger partial charge in [0.15, 0.2) is 0 Å². The molecule has 0 atom stereocenters. The van der Waals surface area contributed by atoms with Crippen molar-refractivity contribution in [2.75, 3.05) is 0 Å². The summed E-state index contributed by atoms with van der Waals surface area (Å²) in [5, 5.41) is 9.25. The van der Waals surface area contributed by atoms with Crippen LogP contribution in [-0.2, 0) is 0 Å². The van der Waals surface area contributed by atoms with E-state index in [1.807, 2.05) is 0 Å². The summed E-state index contributed by atoms with van der Waals surface area (Å²) in [6, 6.07) is -1.30. The number of carbonyl (C=O) groups excluding carboxylic acids is 1. The van der Waals surface area contributed by atoms with Crippen molar-refractivity contribution in [2.45, 2.75) is 0 Å². The molecule has 0 unspecified atom stereocenters. The Hall–Kier alpha value is -1.13. The van der Waals surface area contributed by atoms with Crippen molar-refractivity contribution in [1.82, 2.24) is 0 Å². The number of nitrogens with two attached hydrogens (primary N) is 1. The smallest absolute Gasteiger partial charge is 0.512 e. The standard InChI is InChI=1S/CH3N3O2/c2-1(5)4(3)6/h3H,(H2,2,5). The van der Waals surface area contributed by atoms with Crippen LogP contribution in [0.4, 0.5) is 4.79 Å². The molecule has 0 saturated heterocycles. The highest BCUT2D eigenvalue weighted by atomic mass is 16.5. The minimum Gasteiger partial charge on any atom is -0.689 e. The zero-order valence-corrected chi connectivity index (χ0v) is 2.84. The Labute approximate surface area is 33.4 Å². The predicted octanol–water partition coefficient (Wildman–Crippen LogP) is -0.394. The van der Waals surface area contributed by atoms with E-state index in [4.69, 9.17) is 5.53 Å². The van der Waals surface area contributed by atoms with Crippen molar-refractivity contribution >= 4 is 6.03 Å². The van der Waals surface area contributed by atoms with E-state index in [1.54, 1.807) is 0 Å². The van der Waals surface area contributed by atoms with Crippen LogP contribution in [0.5, 0.6) is 0 Å². The first-order valence-electron chi connectivity index (χ1n) is 1.12. The maximum Gasteiger partial charge on any atom is 0.512 e. The van der Waals surface area contributed by atoms with E-state index >= 15 is 0 Å². The van der Waals surface area contributed by atoms with Crippen LogP contribution < -0.4 is 5.73 Å². The molecule has 0 aromatic heterocycles. The molecular formula is CH3N3O2. The predicted molar refractivity (Wildman–Crippen MR) is 15.9 cm³/mol. The molecule has 0 heterocycles. The van der Waals surface area contributed by atoms with Gasteiger partial charge in [-0.15, -0.1) is 5.53 Å². The summed E-state index contributed by atoms with van der Waals surface area (Å²) < 4.78 is 0. The molecule has 0 bridgehead atoms. The van der Waals surface area contributed by atoms with Crippen LogP contribution in [0.3, 0.4) is 0 Å². The summed E-state index contributed by atoms with van der Waals surface area (Å²) in [5.41, 5.74) is 10.1.